The van der Waals surface area contributed by atoms with Crippen molar-refractivity contribution in [2.45, 2.75) is 13.5 Å². The largest absolute Gasteiger partial charge is 0.493 e. The summed E-state index contributed by atoms with van der Waals surface area (Å²) in [4.78, 5) is 16.6. The van der Waals surface area contributed by atoms with Gasteiger partial charge in [-0.05, 0) is 60.0 Å². The van der Waals surface area contributed by atoms with Crippen LogP contribution in [0, 0.1) is 6.92 Å². The average Bonchev–Trinajstić information content (AvgIpc) is 3.13. The van der Waals surface area contributed by atoms with E-state index < -0.39 is 5.97 Å². The van der Waals surface area contributed by atoms with Crippen molar-refractivity contribution in [1.82, 2.24) is 0 Å². The molecule has 3 aromatic carbocycles. The lowest BCUT2D eigenvalue weighted by atomic mass is 10.1. The molecule has 0 saturated carbocycles. The standard InChI is InChI=1S/C25H19Cl2NO4/c1-15-5-3-4-6-17(15)14-31-22-10-7-16(12-23(22)30-2)11-21-25(29)32-24(28-21)19-9-8-18(26)13-20(19)27/h3-13H,14H2,1-2H3/b21-11-. The van der Waals surface area contributed by atoms with Gasteiger partial charge in [0.25, 0.3) is 0 Å². The number of ether oxygens (including phenoxy) is 3. The molecule has 4 rings (SSSR count). The maximum atomic E-state index is 12.3. The summed E-state index contributed by atoms with van der Waals surface area (Å²) in [7, 11) is 1.56. The summed E-state index contributed by atoms with van der Waals surface area (Å²) in [6.45, 7) is 2.46. The first-order chi connectivity index (χ1) is 15.4. The molecule has 0 aromatic heterocycles. The molecular formula is C25H19Cl2NO4. The van der Waals surface area contributed by atoms with Crippen LogP contribution in [0.3, 0.4) is 0 Å². The highest BCUT2D eigenvalue weighted by molar-refractivity contribution is 6.37. The third kappa shape index (κ3) is 4.79. The zero-order valence-corrected chi connectivity index (χ0v) is 18.9. The Labute approximate surface area is 195 Å². The maximum Gasteiger partial charge on any atom is 0.363 e. The summed E-state index contributed by atoms with van der Waals surface area (Å²) in [6.07, 6.45) is 1.62. The van der Waals surface area contributed by atoms with Gasteiger partial charge in [-0.2, -0.15) is 0 Å². The predicted octanol–water partition coefficient (Wildman–Crippen LogP) is 6.23. The van der Waals surface area contributed by atoms with E-state index in [4.69, 9.17) is 37.4 Å². The number of methoxy groups -OCH3 is 1. The molecule has 7 heteroatoms. The Kier molecular flexibility index (Phi) is 6.49. The number of aliphatic imine (C=N–C) groups is 1. The third-order valence-electron chi connectivity index (χ3n) is 4.92. The summed E-state index contributed by atoms with van der Waals surface area (Å²) in [6, 6.07) is 18.3. The fraction of sp³-hybridized carbons (Fsp3) is 0.120. The molecule has 0 saturated heterocycles. The van der Waals surface area contributed by atoms with Crippen molar-refractivity contribution >= 4 is 41.1 Å². The average molecular weight is 468 g/mol. The molecule has 1 aliphatic rings. The normalized spacial score (nSPS) is 14.3. The number of esters is 1. The van der Waals surface area contributed by atoms with E-state index in [1.54, 1.807) is 43.5 Å². The fourth-order valence-electron chi connectivity index (χ4n) is 3.17. The zero-order chi connectivity index (χ0) is 22.7. The third-order valence-corrected chi connectivity index (χ3v) is 5.47. The Morgan fingerprint density at radius 2 is 1.84 bits per heavy atom. The number of rotatable bonds is 6. The first kappa shape index (κ1) is 21.9. The number of hydrogen-bond donors (Lipinski definition) is 0. The van der Waals surface area contributed by atoms with E-state index in [1.807, 2.05) is 37.3 Å². The highest BCUT2D eigenvalue weighted by atomic mass is 35.5. The van der Waals surface area contributed by atoms with Gasteiger partial charge in [-0.25, -0.2) is 9.79 Å². The molecule has 32 heavy (non-hydrogen) atoms. The molecule has 0 fully saturated rings. The van der Waals surface area contributed by atoms with Gasteiger partial charge in [-0.15, -0.1) is 0 Å². The van der Waals surface area contributed by atoms with Crippen LogP contribution in [-0.2, 0) is 16.1 Å². The number of cyclic esters (lactones) is 1. The lowest BCUT2D eigenvalue weighted by Gasteiger charge is -2.12. The van der Waals surface area contributed by atoms with E-state index in [2.05, 4.69) is 4.99 Å². The highest BCUT2D eigenvalue weighted by Crippen LogP contribution is 2.31. The summed E-state index contributed by atoms with van der Waals surface area (Å²) >= 11 is 12.1. The summed E-state index contributed by atoms with van der Waals surface area (Å²) < 4.78 is 16.7. The molecular weight excluding hydrogens is 449 g/mol. The molecule has 5 nitrogen and oxygen atoms in total. The lowest BCUT2D eigenvalue weighted by molar-refractivity contribution is -0.129. The maximum absolute atomic E-state index is 12.3. The Morgan fingerprint density at radius 3 is 2.59 bits per heavy atom. The molecule has 0 bridgehead atoms. The molecule has 0 radical (unpaired) electrons. The minimum Gasteiger partial charge on any atom is -0.493 e. The predicted molar refractivity (Wildman–Crippen MR) is 126 cm³/mol. The van der Waals surface area contributed by atoms with Gasteiger partial charge in [-0.3, -0.25) is 0 Å². The van der Waals surface area contributed by atoms with E-state index in [1.165, 1.54) is 0 Å². The Hall–Kier alpha value is -3.28. The molecule has 0 atom stereocenters. The minimum atomic E-state index is -0.565. The second-order valence-electron chi connectivity index (χ2n) is 7.09. The van der Waals surface area contributed by atoms with Gasteiger partial charge in [0.2, 0.25) is 5.90 Å². The molecule has 0 unspecified atom stereocenters. The Bertz CT molecular complexity index is 1250. The first-order valence-electron chi connectivity index (χ1n) is 9.78. The zero-order valence-electron chi connectivity index (χ0n) is 17.4. The number of benzene rings is 3. The van der Waals surface area contributed by atoms with Crippen molar-refractivity contribution in [3.8, 4) is 11.5 Å². The monoisotopic (exact) mass is 467 g/mol. The number of carbonyl (C=O) groups is 1. The van der Waals surface area contributed by atoms with Gasteiger partial charge in [0.15, 0.2) is 17.2 Å². The molecule has 0 amide bonds. The van der Waals surface area contributed by atoms with Crippen molar-refractivity contribution in [2.24, 2.45) is 4.99 Å². The molecule has 1 heterocycles. The van der Waals surface area contributed by atoms with Gasteiger partial charge >= 0.3 is 5.97 Å². The molecule has 0 spiro atoms. The van der Waals surface area contributed by atoms with Gasteiger partial charge in [0, 0.05) is 5.02 Å². The number of carbonyl (C=O) groups excluding carboxylic acids is 1. The lowest BCUT2D eigenvalue weighted by Crippen LogP contribution is -2.05. The molecule has 162 valence electrons. The van der Waals surface area contributed by atoms with Crippen LogP contribution in [-0.4, -0.2) is 19.0 Å². The molecule has 3 aromatic rings. The first-order valence-corrected chi connectivity index (χ1v) is 10.5. The van der Waals surface area contributed by atoms with Crippen molar-refractivity contribution in [2.75, 3.05) is 7.11 Å². The summed E-state index contributed by atoms with van der Waals surface area (Å²) in [5.74, 6) is 0.714. The van der Waals surface area contributed by atoms with Crippen LogP contribution >= 0.6 is 23.2 Å². The topological polar surface area (TPSA) is 57.1 Å². The SMILES string of the molecule is COc1cc(/C=C2\N=C(c3ccc(Cl)cc3Cl)OC2=O)ccc1OCc1ccccc1C. The molecule has 1 aliphatic heterocycles. The smallest absolute Gasteiger partial charge is 0.363 e. The van der Waals surface area contributed by atoms with E-state index in [9.17, 15) is 4.79 Å². The van der Waals surface area contributed by atoms with Crippen LogP contribution in [0.15, 0.2) is 71.4 Å². The van der Waals surface area contributed by atoms with Gasteiger partial charge in [0.1, 0.15) is 6.61 Å². The van der Waals surface area contributed by atoms with Crippen molar-refractivity contribution in [3.05, 3.63) is 98.7 Å². The van der Waals surface area contributed by atoms with Crippen LogP contribution in [0.4, 0.5) is 0 Å². The van der Waals surface area contributed by atoms with Crippen LogP contribution < -0.4 is 9.47 Å². The van der Waals surface area contributed by atoms with E-state index in [0.29, 0.717) is 39.3 Å². The highest BCUT2D eigenvalue weighted by Gasteiger charge is 2.25. The second kappa shape index (κ2) is 9.47. The van der Waals surface area contributed by atoms with Crippen LogP contribution in [0.5, 0.6) is 11.5 Å². The van der Waals surface area contributed by atoms with Crippen LogP contribution in [0.1, 0.15) is 22.3 Å². The molecule has 0 aliphatic carbocycles. The number of hydrogen-bond acceptors (Lipinski definition) is 5. The van der Waals surface area contributed by atoms with Crippen molar-refractivity contribution in [1.29, 1.82) is 0 Å². The molecule has 0 N–H and O–H groups in total. The Morgan fingerprint density at radius 1 is 1.03 bits per heavy atom. The van der Waals surface area contributed by atoms with Crippen molar-refractivity contribution in [3.63, 3.8) is 0 Å². The minimum absolute atomic E-state index is 0.132. The van der Waals surface area contributed by atoms with E-state index >= 15 is 0 Å². The quantitative estimate of drug-likeness (QED) is 0.318. The van der Waals surface area contributed by atoms with Gasteiger partial charge in [0.05, 0.1) is 17.7 Å². The number of nitrogens with zero attached hydrogens (tertiary/aromatic N) is 1. The number of halogens is 2. The van der Waals surface area contributed by atoms with Gasteiger partial charge < -0.3 is 14.2 Å². The summed E-state index contributed by atoms with van der Waals surface area (Å²) in [5.41, 5.74) is 3.61. The van der Waals surface area contributed by atoms with E-state index in [-0.39, 0.29) is 11.6 Å². The van der Waals surface area contributed by atoms with Crippen LogP contribution in [0.25, 0.3) is 6.08 Å². The van der Waals surface area contributed by atoms with E-state index in [0.717, 1.165) is 11.1 Å². The fourth-order valence-corrected chi connectivity index (χ4v) is 3.66. The van der Waals surface area contributed by atoms with Crippen LogP contribution in [0.2, 0.25) is 10.0 Å². The van der Waals surface area contributed by atoms with Crippen molar-refractivity contribution < 1.29 is 19.0 Å². The summed E-state index contributed by atoms with van der Waals surface area (Å²) in [5, 5.41) is 0.832. The Balaban J connectivity index is 1.56. The van der Waals surface area contributed by atoms with Gasteiger partial charge in [-0.1, -0.05) is 53.5 Å². The number of aryl methyl sites for hydroxylation is 1. The second-order valence-corrected chi connectivity index (χ2v) is 7.93.